The number of carbonyl (C=O) groups is 1. The van der Waals surface area contributed by atoms with E-state index in [1.54, 1.807) is 35.2 Å². The van der Waals surface area contributed by atoms with Crippen molar-refractivity contribution in [2.75, 3.05) is 6.54 Å². The summed E-state index contributed by atoms with van der Waals surface area (Å²) >= 11 is 12.3. The van der Waals surface area contributed by atoms with Crippen molar-refractivity contribution < 1.29 is 9.18 Å². The van der Waals surface area contributed by atoms with Gasteiger partial charge in [-0.2, -0.15) is 0 Å². The van der Waals surface area contributed by atoms with Gasteiger partial charge in [0.1, 0.15) is 17.7 Å². The van der Waals surface area contributed by atoms with Gasteiger partial charge in [0.25, 0.3) is 5.91 Å². The monoisotopic (exact) mass is 404 g/mol. The molecule has 1 atom stereocenters. The molecule has 0 aliphatic carbocycles. The molecule has 5 nitrogen and oxygen atoms in total. The number of rotatable bonds is 2. The second kappa shape index (κ2) is 6.94. The highest BCUT2D eigenvalue weighted by molar-refractivity contribution is 6.43. The molecule has 3 aromatic rings. The normalized spacial score (nSPS) is 16.3. The van der Waals surface area contributed by atoms with Crippen LogP contribution in [0.4, 0.5) is 4.39 Å². The third kappa shape index (κ3) is 3.09. The van der Waals surface area contributed by atoms with Gasteiger partial charge in [-0.1, -0.05) is 41.4 Å². The first-order valence-corrected chi connectivity index (χ1v) is 9.13. The van der Waals surface area contributed by atoms with Crippen LogP contribution in [0.3, 0.4) is 0 Å². The second-order valence-electron chi connectivity index (χ2n) is 6.31. The molecule has 0 unspecified atom stereocenters. The molecule has 138 valence electrons. The number of amides is 1. The van der Waals surface area contributed by atoms with Crippen molar-refractivity contribution in [1.29, 1.82) is 0 Å². The average molecular weight is 405 g/mol. The fraction of sp³-hybridized carbons (Fsp3) is 0.211. The summed E-state index contributed by atoms with van der Waals surface area (Å²) in [6.07, 6.45) is 0. The minimum Gasteiger partial charge on any atom is -0.322 e. The van der Waals surface area contributed by atoms with Crippen molar-refractivity contribution in [2.24, 2.45) is 0 Å². The van der Waals surface area contributed by atoms with E-state index in [1.807, 2.05) is 11.5 Å². The Morgan fingerprint density at radius 3 is 2.59 bits per heavy atom. The highest BCUT2D eigenvalue weighted by Gasteiger charge is 2.36. The van der Waals surface area contributed by atoms with Gasteiger partial charge in [-0.3, -0.25) is 4.79 Å². The Morgan fingerprint density at radius 1 is 1.11 bits per heavy atom. The van der Waals surface area contributed by atoms with Crippen molar-refractivity contribution >= 4 is 29.1 Å². The maximum atomic E-state index is 13.4. The summed E-state index contributed by atoms with van der Waals surface area (Å²) in [5, 5.41) is 8.94. The van der Waals surface area contributed by atoms with Gasteiger partial charge in [0.2, 0.25) is 0 Å². The molecule has 0 fully saturated rings. The molecule has 2 heterocycles. The zero-order valence-electron chi connectivity index (χ0n) is 14.4. The van der Waals surface area contributed by atoms with Crippen molar-refractivity contribution in [3.8, 4) is 0 Å². The van der Waals surface area contributed by atoms with Crippen LogP contribution < -0.4 is 0 Å². The standard InChI is InChI=1S/C19H15Cl2FN4O/c1-11-23-24-18-17(12-5-7-13(22)8-6-12)26(10-9-25(11)18)19(27)14-3-2-4-15(20)16(14)21/h2-8,17H,9-10H2,1H3/t17-/m1/s1. The lowest BCUT2D eigenvalue weighted by Crippen LogP contribution is -2.43. The lowest BCUT2D eigenvalue weighted by atomic mass is 10.0. The van der Waals surface area contributed by atoms with Crippen LogP contribution >= 0.6 is 23.2 Å². The number of aryl methyl sites for hydroxylation is 1. The van der Waals surface area contributed by atoms with Gasteiger partial charge in [0.15, 0.2) is 5.82 Å². The molecule has 4 rings (SSSR count). The van der Waals surface area contributed by atoms with E-state index in [0.29, 0.717) is 29.5 Å². The van der Waals surface area contributed by atoms with Crippen molar-refractivity contribution in [2.45, 2.75) is 19.5 Å². The maximum Gasteiger partial charge on any atom is 0.256 e. The summed E-state index contributed by atoms with van der Waals surface area (Å²) in [6, 6.07) is 10.5. The van der Waals surface area contributed by atoms with Gasteiger partial charge in [-0.25, -0.2) is 4.39 Å². The van der Waals surface area contributed by atoms with Crippen LogP contribution in [0.1, 0.15) is 33.6 Å². The minimum atomic E-state index is -0.497. The molecule has 1 aliphatic heterocycles. The molecule has 2 aromatic carbocycles. The Kier molecular flexibility index (Phi) is 4.61. The third-order valence-electron chi connectivity index (χ3n) is 4.71. The van der Waals surface area contributed by atoms with Crippen LogP contribution in [0.15, 0.2) is 42.5 Å². The molecule has 1 aliphatic rings. The molecule has 0 spiro atoms. The Morgan fingerprint density at radius 2 is 1.85 bits per heavy atom. The lowest BCUT2D eigenvalue weighted by Gasteiger charge is -2.36. The summed E-state index contributed by atoms with van der Waals surface area (Å²) in [4.78, 5) is 15.0. The number of hydrogen-bond acceptors (Lipinski definition) is 3. The van der Waals surface area contributed by atoms with Crippen LogP contribution in [-0.2, 0) is 6.54 Å². The number of carbonyl (C=O) groups excluding carboxylic acids is 1. The molecule has 27 heavy (non-hydrogen) atoms. The Bertz CT molecular complexity index is 1020. The molecule has 8 heteroatoms. The number of halogens is 3. The van der Waals surface area contributed by atoms with Gasteiger partial charge < -0.3 is 9.47 Å². The minimum absolute atomic E-state index is 0.213. The quantitative estimate of drug-likeness (QED) is 0.640. The predicted molar refractivity (Wildman–Crippen MR) is 101 cm³/mol. The van der Waals surface area contributed by atoms with E-state index in [2.05, 4.69) is 10.2 Å². The summed E-state index contributed by atoms with van der Waals surface area (Å²) in [5.74, 6) is 0.800. The van der Waals surface area contributed by atoms with Crippen LogP contribution in [-0.4, -0.2) is 32.1 Å². The molecule has 0 saturated heterocycles. The molecular weight excluding hydrogens is 390 g/mol. The largest absolute Gasteiger partial charge is 0.322 e. The fourth-order valence-electron chi connectivity index (χ4n) is 3.37. The van der Waals surface area contributed by atoms with Crippen molar-refractivity contribution in [3.05, 3.63) is 81.1 Å². The molecule has 1 aromatic heterocycles. The first-order chi connectivity index (χ1) is 13.0. The summed E-state index contributed by atoms with van der Waals surface area (Å²) in [6.45, 7) is 2.87. The first-order valence-electron chi connectivity index (χ1n) is 8.37. The summed E-state index contributed by atoms with van der Waals surface area (Å²) in [5.41, 5.74) is 1.07. The van der Waals surface area contributed by atoms with Gasteiger partial charge >= 0.3 is 0 Å². The zero-order chi connectivity index (χ0) is 19.1. The SMILES string of the molecule is Cc1nnc2n1CCN(C(=O)c1cccc(Cl)c1Cl)[C@@H]2c1ccc(F)cc1. The van der Waals surface area contributed by atoms with E-state index < -0.39 is 6.04 Å². The Labute approximate surface area is 165 Å². The van der Waals surface area contributed by atoms with E-state index in [0.717, 1.165) is 11.4 Å². The highest BCUT2D eigenvalue weighted by atomic mass is 35.5. The summed E-state index contributed by atoms with van der Waals surface area (Å²) < 4.78 is 15.4. The highest BCUT2D eigenvalue weighted by Crippen LogP contribution is 2.34. The number of hydrogen-bond donors (Lipinski definition) is 0. The predicted octanol–water partition coefficient (Wildman–Crippen LogP) is 4.28. The molecule has 0 radical (unpaired) electrons. The van der Waals surface area contributed by atoms with E-state index in [-0.39, 0.29) is 16.7 Å². The first kappa shape index (κ1) is 17.9. The van der Waals surface area contributed by atoms with E-state index in [9.17, 15) is 9.18 Å². The van der Waals surface area contributed by atoms with E-state index in [1.165, 1.54) is 12.1 Å². The third-order valence-corrected chi connectivity index (χ3v) is 5.53. The fourth-order valence-corrected chi connectivity index (χ4v) is 3.75. The van der Waals surface area contributed by atoms with Crippen LogP contribution in [0.2, 0.25) is 10.0 Å². The van der Waals surface area contributed by atoms with Crippen LogP contribution in [0, 0.1) is 12.7 Å². The Hall–Kier alpha value is -2.44. The Balaban J connectivity index is 1.82. The summed E-state index contributed by atoms with van der Waals surface area (Å²) in [7, 11) is 0. The van der Waals surface area contributed by atoms with Gasteiger partial charge in [-0.05, 0) is 36.8 Å². The molecule has 0 saturated carbocycles. The van der Waals surface area contributed by atoms with Crippen LogP contribution in [0.25, 0.3) is 0 Å². The zero-order valence-corrected chi connectivity index (χ0v) is 15.9. The van der Waals surface area contributed by atoms with Gasteiger partial charge in [-0.15, -0.1) is 10.2 Å². The maximum absolute atomic E-state index is 13.4. The topological polar surface area (TPSA) is 51.0 Å². The van der Waals surface area contributed by atoms with Gasteiger partial charge in [0.05, 0.1) is 15.6 Å². The van der Waals surface area contributed by atoms with Crippen LogP contribution in [0.5, 0.6) is 0 Å². The van der Waals surface area contributed by atoms with E-state index >= 15 is 0 Å². The lowest BCUT2D eigenvalue weighted by molar-refractivity contribution is 0.0657. The molecular formula is C19H15Cl2FN4O. The number of benzene rings is 2. The average Bonchev–Trinajstić information content (AvgIpc) is 3.05. The number of nitrogens with zero attached hydrogens (tertiary/aromatic N) is 4. The second-order valence-corrected chi connectivity index (χ2v) is 7.10. The van der Waals surface area contributed by atoms with Crippen molar-refractivity contribution in [1.82, 2.24) is 19.7 Å². The van der Waals surface area contributed by atoms with E-state index in [4.69, 9.17) is 23.2 Å². The number of aromatic nitrogens is 3. The smallest absolute Gasteiger partial charge is 0.256 e. The molecule has 1 amide bonds. The van der Waals surface area contributed by atoms with Crippen molar-refractivity contribution in [3.63, 3.8) is 0 Å². The number of fused-ring (bicyclic) bond motifs is 1. The molecule has 0 bridgehead atoms. The molecule has 0 N–H and O–H groups in total. The van der Waals surface area contributed by atoms with Gasteiger partial charge in [0, 0.05) is 13.1 Å².